The zero-order chi connectivity index (χ0) is 17.7. The van der Waals surface area contributed by atoms with Gasteiger partial charge < -0.3 is 4.57 Å². The zero-order valence-electron chi connectivity index (χ0n) is 14.5. The maximum Gasteiger partial charge on any atom is 0.153 e. The average molecular weight is 346 g/mol. The van der Waals surface area contributed by atoms with Crippen LogP contribution in [0.2, 0.25) is 0 Å². The highest BCUT2D eigenvalue weighted by Gasteiger charge is 2.30. The van der Waals surface area contributed by atoms with Crippen molar-refractivity contribution in [1.82, 2.24) is 29.4 Å². The van der Waals surface area contributed by atoms with E-state index >= 15 is 0 Å². The Morgan fingerprint density at radius 3 is 2.42 bits per heavy atom. The molecule has 1 unspecified atom stereocenters. The minimum atomic E-state index is -0.155. The first-order valence-electron chi connectivity index (χ1n) is 8.39. The van der Waals surface area contributed by atoms with Crippen molar-refractivity contribution < 1.29 is 0 Å². The molecule has 1 aromatic carbocycles. The fourth-order valence-corrected chi connectivity index (χ4v) is 3.30. The van der Waals surface area contributed by atoms with Gasteiger partial charge in [0.05, 0.1) is 23.3 Å². The number of imidazole rings is 1. The van der Waals surface area contributed by atoms with Gasteiger partial charge in [-0.1, -0.05) is 12.1 Å². The van der Waals surface area contributed by atoms with Gasteiger partial charge in [-0.3, -0.25) is 15.5 Å². The molecule has 0 radical (unpaired) electrons. The van der Waals surface area contributed by atoms with E-state index in [0.717, 1.165) is 34.0 Å². The van der Waals surface area contributed by atoms with Crippen molar-refractivity contribution in [3.8, 4) is 11.4 Å². The van der Waals surface area contributed by atoms with Gasteiger partial charge in [-0.15, -0.1) is 5.12 Å². The van der Waals surface area contributed by atoms with Gasteiger partial charge in [0.1, 0.15) is 12.0 Å². The smallest absolute Gasteiger partial charge is 0.153 e. The summed E-state index contributed by atoms with van der Waals surface area (Å²) in [5, 5.41) is 6.41. The van der Waals surface area contributed by atoms with Gasteiger partial charge in [0.15, 0.2) is 6.17 Å². The standard InChI is InChI=1S/C18H18N8/c1-12-13(9-21-24(12)2)18(25-8-7-14-17(10-25)20-11-19-14)26-22-15-5-3-4-6-16(15)23-26/h3-11,18,22-23H,1-2H3. The molecule has 26 heavy (non-hydrogen) atoms. The van der Waals surface area contributed by atoms with Gasteiger partial charge in [-0.2, -0.15) is 5.10 Å². The average Bonchev–Trinajstić information content (AvgIpc) is 3.36. The maximum absolute atomic E-state index is 4.43. The molecule has 0 bridgehead atoms. The number of fused-ring (bicyclic) bond motifs is 2. The van der Waals surface area contributed by atoms with Crippen LogP contribution in [-0.4, -0.2) is 29.4 Å². The van der Waals surface area contributed by atoms with Gasteiger partial charge in [-0.05, 0) is 25.1 Å². The Bertz CT molecular complexity index is 1020. The quantitative estimate of drug-likeness (QED) is 0.594. The highest BCUT2D eigenvalue weighted by molar-refractivity contribution is 5.71. The van der Waals surface area contributed by atoms with Crippen molar-refractivity contribution in [3.05, 3.63) is 66.5 Å². The first-order valence-corrected chi connectivity index (χ1v) is 8.39. The topological polar surface area (TPSA) is 75.8 Å². The molecule has 3 aliphatic rings. The summed E-state index contributed by atoms with van der Waals surface area (Å²) in [5.74, 6) is 0. The summed E-state index contributed by atoms with van der Waals surface area (Å²) in [4.78, 5) is 8.59. The van der Waals surface area contributed by atoms with E-state index in [4.69, 9.17) is 0 Å². The number of anilines is 2. The van der Waals surface area contributed by atoms with E-state index < -0.39 is 0 Å². The van der Waals surface area contributed by atoms with E-state index in [0.29, 0.717) is 0 Å². The number of hydrogen-bond acceptors (Lipinski definition) is 6. The lowest BCUT2D eigenvalue weighted by Gasteiger charge is -2.30. The molecule has 0 aliphatic carbocycles. The second-order valence-corrected chi connectivity index (χ2v) is 6.36. The number of nitrogens with zero attached hydrogens (tertiary/aromatic N) is 6. The Hall–Kier alpha value is -3.39. The van der Waals surface area contributed by atoms with E-state index in [9.17, 15) is 0 Å². The van der Waals surface area contributed by atoms with E-state index in [-0.39, 0.29) is 6.17 Å². The fraction of sp³-hybridized carbons (Fsp3) is 0.167. The second kappa shape index (κ2) is 5.57. The van der Waals surface area contributed by atoms with E-state index in [1.807, 2.05) is 65.8 Å². The first kappa shape index (κ1) is 14.9. The lowest BCUT2D eigenvalue weighted by molar-refractivity contribution is 0.262. The number of hydrazine groups is 2. The molecule has 3 aliphatic heterocycles. The zero-order valence-corrected chi connectivity index (χ0v) is 14.5. The van der Waals surface area contributed by atoms with E-state index in [1.54, 1.807) is 6.33 Å². The molecule has 130 valence electrons. The number of hydrogen-bond donors (Lipinski definition) is 2. The van der Waals surface area contributed by atoms with Gasteiger partial charge in [0, 0.05) is 30.7 Å². The van der Waals surface area contributed by atoms with Crippen LogP contribution in [0.1, 0.15) is 17.4 Å². The SMILES string of the molecule is Cc1c(C(N2Nc3ccccc3N2)n2ccc3ncnc-3c2)cnn1C. The third-order valence-electron chi connectivity index (χ3n) is 4.82. The van der Waals surface area contributed by atoms with Crippen LogP contribution in [0, 0.1) is 6.92 Å². The number of pyridine rings is 1. The molecule has 8 nitrogen and oxygen atoms in total. The fourth-order valence-electron chi connectivity index (χ4n) is 3.30. The molecule has 1 atom stereocenters. The van der Waals surface area contributed by atoms with Crippen molar-refractivity contribution in [3.63, 3.8) is 0 Å². The van der Waals surface area contributed by atoms with Crippen molar-refractivity contribution in [2.24, 2.45) is 7.05 Å². The van der Waals surface area contributed by atoms with Gasteiger partial charge in [-0.25, -0.2) is 9.97 Å². The van der Waals surface area contributed by atoms with Crippen LogP contribution in [0.3, 0.4) is 0 Å². The molecule has 2 aromatic rings. The summed E-state index contributed by atoms with van der Waals surface area (Å²) < 4.78 is 3.99. The third-order valence-corrected chi connectivity index (χ3v) is 4.82. The lowest BCUT2D eigenvalue weighted by atomic mass is 10.2. The molecular weight excluding hydrogens is 328 g/mol. The molecule has 2 N–H and O–H groups in total. The highest BCUT2D eigenvalue weighted by Crippen LogP contribution is 2.35. The normalized spacial score (nSPS) is 14.8. The molecule has 5 rings (SSSR count). The number of aryl methyl sites for hydroxylation is 1. The van der Waals surface area contributed by atoms with Gasteiger partial charge in [0.25, 0.3) is 0 Å². The summed E-state index contributed by atoms with van der Waals surface area (Å²) in [6.45, 7) is 2.07. The monoisotopic (exact) mass is 346 g/mol. The highest BCUT2D eigenvalue weighted by atomic mass is 15.8. The van der Waals surface area contributed by atoms with Crippen LogP contribution in [0.15, 0.2) is 55.2 Å². The summed E-state index contributed by atoms with van der Waals surface area (Å²) in [6, 6.07) is 10.1. The summed E-state index contributed by atoms with van der Waals surface area (Å²) in [7, 11) is 1.95. The Morgan fingerprint density at radius 2 is 1.73 bits per heavy atom. The number of benzene rings is 1. The number of nitrogens with one attached hydrogen (secondary N) is 2. The van der Waals surface area contributed by atoms with Crippen LogP contribution in [0.25, 0.3) is 11.4 Å². The predicted molar refractivity (Wildman–Crippen MR) is 98.3 cm³/mol. The number of para-hydroxylation sites is 2. The molecule has 8 heteroatoms. The molecule has 0 spiro atoms. The Kier molecular flexibility index (Phi) is 3.19. The number of aromatic nitrogens is 5. The molecule has 4 heterocycles. The van der Waals surface area contributed by atoms with Crippen molar-refractivity contribution in [2.45, 2.75) is 13.1 Å². The second-order valence-electron chi connectivity index (χ2n) is 6.36. The molecular formula is C18H18N8. The van der Waals surface area contributed by atoms with Crippen molar-refractivity contribution in [2.75, 3.05) is 10.9 Å². The summed E-state index contributed by atoms with van der Waals surface area (Å²) in [5.41, 5.74) is 12.9. The molecule has 0 amide bonds. The van der Waals surface area contributed by atoms with E-state index in [2.05, 4.69) is 37.4 Å². The molecule has 0 fully saturated rings. The van der Waals surface area contributed by atoms with Gasteiger partial charge in [0.2, 0.25) is 0 Å². The van der Waals surface area contributed by atoms with Crippen LogP contribution in [-0.2, 0) is 7.05 Å². The van der Waals surface area contributed by atoms with Crippen LogP contribution >= 0.6 is 0 Å². The molecule has 0 saturated heterocycles. The molecule has 1 aromatic heterocycles. The van der Waals surface area contributed by atoms with E-state index in [1.165, 1.54) is 0 Å². The number of rotatable bonds is 3. The summed E-state index contributed by atoms with van der Waals surface area (Å²) in [6.07, 6.45) is 7.35. The Balaban J connectivity index is 1.62. The van der Waals surface area contributed by atoms with Crippen molar-refractivity contribution in [1.29, 1.82) is 0 Å². The first-order chi connectivity index (χ1) is 12.7. The van der Waals surface area contributed by atoms with Crippen LogP contribution in [0.5, 0.6) is 0 Å². The molecule has 0 saturated carbocycles. The van der Waals surface area contributed by atoms with Crippen molar-refractivity contribution >= 4 is 11.4 Å². The summed E-state index contributed by atoms with van der Waals surface area (Å²) >= 11 is 0. The Labute approximate surface area is 150 Å². The minimum Gasteiger partial charge on any atom is -0.329 e. The maximum atomic E-state index is 4.43. The lowest BCUT2D eigenvalue weighted by Crippen LogP contribution is -2.38. The van der Waals surface area contributed by atoms with Crippen LogP contribution in [0.4, 0.5) is 11.4 Å². The predicted octanol–water partition coefficient (Wildman–Crippen LogP) is 2.64. The minimum absolute atomic E-state index is 0.155. The van der Waals surface area contributed by atoms with Crippen LogP contribution < -0.4 is 10.9 Å². The third kappa shape index (κ3) is 2.23. The van der Waals surface area contributed by atoms with Gasteiger partial charge >= 0.3 is 0 Å². The Morgan fingerprint density at radius 1 is 1.00 bits per heavy atom. The largest absolute Gasteiger partial charge is 0.329 e.